The Kier molecular flexibility index (Phi) is 11.9. The number of ether oxygens (including phenoxy) is 1. The lowest BCUT2D eigenvalue weighted by molar-refractivity contribution is 0.262. The van der Waals surface area contributed by atoms with Crippen molar-refractivity contribution in [2.24, 2.45) is 0 Å². The molecule has 0 aromatic carbocycles. The van der Waals surface area contributed by atoms with E-state index in [-0.39, 0.29) is 0 Å². The van der Waals surface area contributed by atoms with Crippen molar-refractivity contribution in [2.45, 2.75) is 64.7 Å². The molecule has 0 spiro atoms. The van der Waals surface area contributed by atoms with Gasteiger partial charge in [-0.05, 0) is 6.42 Å². The molecule has 13 heavy (non-hydrogen) atoms. The van der Waals surface area contributed by atoms with E-state index in [0.717, 1.165) is 6.42 Å². The average Bonchev–Trinajstić information content (AvgIpc) is 2.16. The molecule has 0 amide bonds. The minimum Gasteiger partial charge on any atom is -0.379 e. The van der Waals surface area contributed by atoms with Crippen molar-refractivity contribution in [1.29, 1.82) is 0 Å². The van der Waals surface area contributed by atoms with Crippen LogP contribution in [0.2, 0.25) is 0 Å². The van der Waals surface area contributed by atoms with Crippen molar-refractivity contribution >= 4 is 0 Å². The second kappa shape index (κ2) is 12.0. The van der Waals surface area contributed by atoms with E-state index < -0.39 is 0 Å². The van der Waals surface area contributed by atoms with Crippen LogP contribution in [0.5, 0.6) is 0 Å². The molecule has 0 aromatic rings. The van der Waals surface area contributed by atoms with Crippen LogP contribution in [0.3, 0.4) is 0 Å². The molecule has 0 saturated heterocycles. The summed E-state index contributed by atoms with van der Waals surface area (Å²) in [7, 11) is 1.73. The molecule has 0 aromatic heterocycles. The normalized spacial score (nSPS) is 10.6. The fraction of sp³-hybridized carbons (Fsp3) is 0.917. The molecule has 0 rings (SSSR count). The molecular weight excluding hydrogens is 160 g/mol. The molecule has 0 fully saturated rings. The molecule has 0 unspecified atom stereocenters. The highest BCUT2D eigenvalue weighted by molar-refractivity contribution is 4.51. The van der Waals surface area contributed by atoms with Gasteiger partial charge in [-0.1, -0.05) is 58.3 Å². The summed E-state index contributed by atoms with van der Waals surface area (Å²) in [6.45, 7) is 4.16. The smallest absolute Gasteiger partial charge is 0.0832 e. The minimum absolute atomic E-state index is 1.12. The van der Waals surface area contributed by atoms with E-state index in [2.05, 4.69) is 6.92 Å². The monoisotopic (exact) mass is 185 g/mol. The Morgan fingerprint density at radius 3 is 1.92 bits per heavy atom. The summed E-state index contributed by atoms with van der Waals surface area (Å²) in [6.07, 6.45) is 12.2. The molecule has 1 radical (unpaired) electrons. The van der Waals surface area contributed by atoms with Crippen LogP contribution < -0.4 is 0 Å². The fourth-order valence-electron chi connectivity index (χ4n) is 1.48. The number of hydrogen-bond donors (Lipinski definition) is 0. The van der Waals surface area contributed by atoms with Gasteiger partial charge in [-0.3, -0.25) is 0 Å². The standard InChI is InChI=1S/C12H25O/c1-3-4-5-6-7-8-9-10-11-12-13-2/h12H,3-11H2,1-2H3. The Bertz CT molecular complexity index is 71.2. The molecule has 0 atom stereocenters. The van der Waals surface area contributed by atoms with Gasteiger partial charge in [0.05, 0.1) is 6.61 Å². The van der Waals surface area contributed by atoms with E-state index in [4.69, 9.17) is 4.74 Å². The second-order valence-corrected chi connectivity index (χ2v) is 3.67. The lowest BCUT2D eigenvalue weighted by atomic mass is 10.1. The third-order valence-corrected chi connectivity index (χ3v) is 2.34. The van der Waals surface area contributed by atoms with E-state index in [9.17, 15) is 0 Å². The molecule has 0 heterocycles. The van der Waals surface area contributed by atoms with E-state index in [1.165, 1.54) is 51.4 Å². The van der Waals surface area contributed by atoms with Crippen molar-refractivity contribution < 1.29 is 4.74 Å². The van der Waals surface area contributed by atoms with E-state index in [1.54, 1.807) is 7.11 Å². The van der Waals surface area contributed by atoms with Gasteiger partial charge in [0.15, 0.2) is 0 Å². The van der Waals surface area contributed by atoms with Crippen LogP contribution in [0, 0.1) is 6.61 Å². The summed E-state index contributed by atoms with van der Waals surface area (Å²) in [5, 5.41) is 0. The molecule has 0 aliphatic rings. The average molecular weight is 185 g/mol. The zero-order valence-corrected chi connectivity index (χ0v) is 9.35. The lowest BCUT2D eigenvalue weighted by Crippen LogP contribution is -1.83. The van der Waals surface area contributed by atoms with Crippen LogP contribution in [0.1, 0.15) is 64.7 Å². The molecule has 0 saturated carbocycles. The quantitative estimate of drug-likeness (QED) is 0.460. The maximum Gasteiger partial charge on any atom is 0.0832 e. The van der Waals surface area contributed by atoms with Crippen molar-refractivity contribution in [3.63, 3.8) is 0 Å². The van der Waals surface area contributed by atoms with Crippen LogP contribution in [-0.2, 0) is 4.74 Å². The maximum absolute atomic E-state index is 4.88. The summed E-state index contributed by atoms with van der Waals surface area (Å²) < 4.78 is 4.88. The number of unbranched alkanes of at least 4 members (excludes halogenated alkanes) is 8. The topological polar surface area (TPSA) is 9.23 Å². The van der Waals surface area contributed by atoms with Gasteiger partial charge in [-0.25, -0.2) is 0 Å². The fourth-order valence-corrected chi connectivity index (χ4v) is 1.48. The Morgan fingerprint density at radius 2 is 1.38 bits per heavy atom. The van der Waals surface area contributed by atoms with E-state index in [0.29, 0.717) is 0 Å². The van der Waals surface area contributed by atoms with Gasteiger partial charge in [0.1, 0.15) is 0 Å². The maximum atomic E-state index is 4.88. The Morgan fingerprint density at radius 1 is 0.846 bits per heavy atom. The van der Waals surface area contributed by atoms with Gasteiger partial charge in [0.25, 0.3) is 0 Å². The van der Waals surface area contributed by atoms with Crippen molar-refractivity contribution in [3.8, 4) is 0 Å². The van der Waals surface area contributed by atoms with Gasteiger partial charge >= 0.3 is 0 Å². The Balaban J connectivity index is 2.76. The van der Waals surface area contributed by atoms with Crippen LogP contribution in [-0.4, -0.2) is 7.11 Å². The predicted molar refractivity (Wildman–Crippen MR) is 58.5 cm³/mol. The van der Waals surface area contributed by atoms with Gasteiger partial charge in [0, 0.05) is 7.11 Å². The highest BCUT2D eigenvalue weighted by Crippen LogP contribution is 2.09. The second-order valence-electron chi connectivity index (χ2n) is 3.67. The van der Waals surface area contributed by atoms with E-state index >= 15 is 0 Å². The Labute approximate surface area is 83.9 Å². The molecule has 0 aliphatic carbocycles. The lowest BCUT2D eigenvalue weighted by Gasteiger charge is -2.00. The summed E-state index contributed by atoms with van der Waals surface area (Å²) >= 11 is 0. The first-order chi connectivity index (χ1) is 6.41. The third-order valence-electron chi connectivity index (χ3n) is 2.34. The first-order valence-electron chi connectivity index (χ1n) is 5.76. The number of rotatable bonds is 10. The predicted octanol–water partition coefficient (Wildman–Crippen LogP) is 4.33. The molecule has 0 aliphatic heterocycles. The zero-order chi connectivity index (χ0) is 9.78. The molecule has 0 N–H and O–H groups in total. The highest BCUT2D eigenvalue weighted by Gasteiger charge is 1.91. The first-order valence-corrected chi connectivity index (χ1v) is 5.76. The van der Waals surface area contributed by atoms with Crippen molar-refractivity contribution in [1.82, 2.24) is 0 Å². The van der Waals surface area contributed by atoms with Gasteiger partial charge in [-0.2, -0.15) is 0 Å². The van der Waals surface area contributed by atoms with Gasteiger partial charge < -0.3 is 4.74 Å². The van der Waals surface area contributed by atoms with Gasteiger partial charge in [-0.15, -0.1) is 0 Å². The van der Waals surface area contributed by atoms with E-state index in [1.807, 2.05) is 6.61 Å². The third kappa shape index (κ3) is 12.0. The largest absolute Gasteiger partial charge is 0.379 e. The zero-order valence-electron chi connectivity index (χ0n) is 9.35. The highest BCUT2D eigenvalue weighted by atomic mass is 16.5. The van der Waals surface area contributed by atoms with Crippen LogP contribution >= 0.6 is 0 Å². The summed E-state index contributed by atoms with van der Waals surface area (Å²) in [4.78, 5) is 0. The summed E-state index contributed by atoms with van der Waals surface area (Å²) in [5.74, 6) is 0. The summed E-state index contributed by atoms with van der Waals surface area (Å²) in [5.41, 5.74) is 0. The van der Waals surface area contributed by atoms with Crippen LogP contribution in [0.4, 0.5) is 0 Å². The van der Waals surface area contributed by atoms with Gasteiger partial charge in [0.2, 0.25) is 0 Å². The molecular formula is C12H25O. The Hall–Kier alpha value is -0.0400. The minimum atomic E-state index is 1.12. The molecule has 1 nitrogen and oxygen atoms in total. The number of methoxy groups -OCH3 is 1. The van der Waals surface area contributed by atoms with Crippen molar-refractivity contribution in [2.75, 3.05) is 7.11 Å². The van der Waals surface area contributed by atoms with Crippen LogP contribution in [0.15, 0.2) is 0 Å². The molecule has 1 heteroatoms. The van der Waals surface area contributed by atoms with Crippen molar-refractivity contribution in [3.05, 3.63) is 6.61 Å². The molecule has 0 bridgehead atoms. The SMILES string of the molecule is CCCCCCCCCC[CH]OC. The summed E-state index contributed by atoms with van der Waals surface area (Å²) in [6, 6.07) is 0. The first kappa shape index (κ1) is 13.0. The number of hydrogen-bond acceptors (Lipinski definition) is 1. The van der Waals surface area contributed by atoms with Crippen LogP contribution in [0.25, 0.3) is 0 Å². The molecule has 79 valence electrons.